The highest BCUT2D eigenvalue weighted by Gasteiger charge is 2.29. The van der Waals surface area contributed by atoms with Gasteiger partial charge in [0.25, 0.3) is 11.8 Å². The van der Waals surface area contributed by atoms with Gasteiger partial charge in [-0.15, -0.1) is 0 Å². The molecule has 1 aromatic carbocycles. The van der Waals surface area contributed by atoms with Crippen LogP contribution < -0.4 is 18.9 Å². The SMILES string of the molecule is COc1ccc(Cl)cc1S(=O)(=O)NC1CCC(Oc2nccnc2OC)CC1. The van der Waals surface area contributed by atoms with Crippen LogP contribution in [0.1, 0.15) is 25.7 Å². The lowest BCUT2D eigenvalue weighted by atomic mass is 9.94. The van der Waals surface area contributed by atoms with Crippen LogP contribution >= 0.6 is 11.6 Å². The maximum Gasteiger partial charge on any atom is 0.278 e. The average Bonchev–Trinajstić information content (AvgIpc) is 2.69. The Morgan fingerprint density at radius 1 is 1.04 bits per heavy atom. The predicted molar refractivity (Wildman–Crippen MR) is 104 cm³/mol. The zero-order valence-electron chi connectivity index (χ0n) is 15.6. The highest BCUT2D eigenvalue weighted by atomic mass is 35.5. The van der Waals surface area contributed by atoms with E-state index in [2.05, 4.69) is 14.7 Å². The number of ether oxygens (including phenoxy) is 3. The molecule has 0 aliphatic heterocycles. The van der Waals surface area contributed by atoms with Crippen molar-refractivity contribution >= 4 is 21.6 Å². The molecule has 0 radical (unpaired) electrons. The molecule has 152 valence electrons. The van der Waals surface area contributed by atoms with Gasteiger partial charge in [-0.2, -0.15) is 0 Å². The molecule has 0 amide bonds. The Bertz CT molecular complexity index is 917. The summed E-state index contributed by atoms with van der Waals surface area (Å²) in [4.78, 5) is 8.23. The number of hydrogen-bond donors (Lipinski definition) is 1. The van der Waals surface area contributed by atoms with Crippen LogP contribution in [0.4, 0.5) is 0 Å². The first-order chi connectivity index (χ1) is 13.4. The Hall–Kier alpha value is -2.10. The standard InChI is InChI=1S/C18H22ClN3O5S/c1-25-15-8-3-12(19)11-16(15)28(23,24)22-13-4-6-14(7-5-13)27-18-17(26-2)20-9-10-21-18/h3,8-11,13-14,22H,4-7H2,1-2H3. The monoisotopic (exact) mass is 427 g/mol. The molecule has 28 heavy (non-hydrogen) atoms. The maximum atomic E-state index is 12.8. The number of hydrogen-bond acceptors (Lipinski definition) is 7. The molecule has 2 aromatic rings. The Morgan fingerprint density at radius 2 is 1.71 bits per heavy atom. The lowest BCUT2D eigenvalue weighted by molar-refractivity contribution is 0.132. The van der Waals surface area contributed by atoms with Gasteiger partial charge in [0, 0.05) is 23.5 Å². The van der Waals surface area contributed by atoms with E-state index in [4.69, 9.17) is 25.8 Å². The van der Waals surface area contributed by atoms with Gasteiger partial charge in [-0.1, -0.05) is 11.6 Å². The van der Waals surface area contributed by atoms with Gasteiger partial charge >= 0.3 is 0 Å². The number of nitrogens with one attached hydrogen (secondary N) is 1. The second kappa shape index (κ2) is 8.93. The van der Waals surface area contributed by atoms with E-state index in [9.17, 15) is 8.42 Å². The quantitative estimate of drug-likeness (QED) is 0.725. The Morgan fingerprint density at radius 3 is 2.36 bits per heavy atom. The Labute approximate surface area is 169 Å². The molecule has 1 heterocycles. The minimum atomic E-state index is -3.75. The van der Waals surface area contributed by atoms with Crippen molar-refractivity contribution in [3.05, 3.63) is 35.6 Å². The van der Waals surface area contributed by atoms with Gasteiger partial charge in [0.1, 0.15) is 16.7 Å². The van der Waals surface area contributed by atoms with E-state index in [1.165, 1.54) is 38.7 Å². The minimum Gasteiger partial charge on any atom is -0.495 e. The molecule has 1 saturated carbocycles. The van der Waals surface area contributed by atoms with Gasteiger partial charge in [0.15, 0.2) is 0 Å². The van der Waals surface area contributed by atoms with Gasteiger partial charge in [-0.05, 0) is 43.9 Å². The summed E-state index contributed by atoms with van der Waals surface area (Å²) in [6.45, 7) is 0. The topological polar surface area (TPSA) is 99.6 Å². The summed E-state index contributed by atoms with van der Waals surface area (Å²) in [6.07, 6.45) is 5.62. The highest BCUT2D eigenvalue weighted by Crippen LogP contribution is 2.30. The molecular weight excluding hydrogens is 406 g/mol. The van der Waals surface area contributed by atoms with E-state index in [1.807, 2.05) is 0 Å². The minimum absolute atomic E-state index is 0.0326. The number of rotatable bonds is 7. The summed E-state index contributed by atoms with van der Waals surface area (Å²) in [7, 11) is -0.826. The van der Waals surface area contributed by atoms with Crippen LogP contribution in [0, 0.1) is 0 Å². The molecule has 1 aromatic heterocycles. The molecule has 0 spiro atoms. The molecule has 3 rings (SSSR count). The Balaban J connectivity index is 1.62. The molecule has 0 atom stereocenters. The highest BCUT2D eigenvalue weighted by molar-refractivity contribution is 7.89. The number of methoxy groups -OCH3 is 2. The zero-order chi connectivity index (χ0) is 20.1. The molecule has 1 aliphatic carbocycles. The van der Waals surface area contributed by atoms with Crippen molar-refractivity contribution < 1.29 is 22.6 Å². The van der Waals surface area contributed by atoms with Crippen molar-refractivity contribution in [3.8, 4) is 17.5 Å². The molecular formula is C18H22ClN3O5S. The summed E-state index contributed by atoms with van der Waals surface area (Å²) >= 11 is 5.96. The van der Waals surface area contributed by atoms with Gasteiger partial charge in [-0.25, -0.2) is 23.1 Å². The summed E-state index contributed by atoms with van der Waals surface area (Å²) in [5.74, 6) is 0.930. The fraction of sp³-hybridized carbons (Fsp3) is 0.444. The smallest absolute Gasteiger partial charge is 0.278 e. The van der Waals surface area contributed by atoms with Crippen LogP contribution in [0.15, 0.2) is 35.5 Å². The zero-order valence-corrected chi connectivity index (χ0v) is 17.2. The summed E-state index contributed by atoms with van der Waals surface area (Å²) in [5, 5.41) is 0.330. The largest absolute Gasteiger partial charge is 0.495 e. The molecule has 1 fully saturated rings. The van der Waals surface area contributed by atoms with Crippen LogP contribution in [-0.2, 0) is 10.0 Å². The fourth-order valence-corrected chi connectivity index (χ4v) is 4.87. The van der Waals surface area contributed by atoms with Crippen LogP contribution in [0.3, 0.4) is 0 Å². The summed E-state index contributed by atoms with van der Waals surface area (Å²) in [5.41, 5.74) is 0. The average molecular weight is 428 g/mol. The molecule has 0 saturated heterocycles. The third-order valence-electron chi connectivity index (χ3n) is 4.52. The molecule has 1 N–H and O–H groups in total. The lowest BCUT2D eigenvalue weighted by Crippen LogP contribution is -2.39. The van der Waals surface area contributed by atoms with Crippen molar-refractivity contribution in [2.45, 2.75) is 42.7 Å². The van der Waals surface area contributed by atoms with Crippen molar-refractivity contribution in [1.82, 2.24) is 14.7 Å². The normalized spacial score (nSPS) is 19.8. The second-order valence-corrected chi connectivity index (χ2v) is 8.50. The number of aromatic nitrogens is 2. The number of benzene rings is 1. The van der Waals surface area contributed by atoms with Gasteiger partial charge in [-0.3, -0.25) is 0 Å². The van der Waals surface area contributed by atoms with E-state index in [1.54, 1.807) is 6.07 Å². The first kappa shape index (κ1) is 20.6. The van der Waals surface area contributed by atoms with Crippen LogP contribution in [0.2, 0.25) is 5.02 Å². The number of sulfonamides is 1. The van der Waals surface area contributed by atoms with E-state index >= 15 is 0 Å². The second-order valence-electron chi connectivity index (χ2n) is 6.38. The van der Waals surface area contributed by atoms with E-state index in [0.29, 0.717) is 42.5 Å². The fourth-order valence-electron chi connectivity index (χ4n) is 3.13. The van der Waals surface area contributed by atoms with Crippen molar-refractivity contribution in [2.75, 3.05) is 14.2 Å². The van der Waals surface area contributed by atoms with Crippen molar-refractivity contribution in [1.29, 1.82) is 0 Å². The first-order valence-electron chi connectivity index (χ1n) is 8.80. The third kappa shape index (κ3) is 4.84. The van der Waals surface area contributed by atoms with E-state index < -0.39 is 10.0 Å². The summed E-state index contributed by atoms with van der Waals surface area (Å²) in [6, 6.07) is 4.31. The first-order valence-corrected chi connectivity index (χ1v) is 10.7. The molecule has 8 nitrogen and oxygen atoms in total. The number of halogens is 1. The van der Waals surface area contributed by atoms with Crippen molar-refractivity contribution in [3.63, 3.8) is 0 Å². The summed E-state index contributed by atoms with van der Waals surface area (Å²) < 4.78 is 44.5. The van der Waals surface area contributed by atoms with Crippen molar-refractivity contribution in [2.24, 2.45) is 0 Å². The van der Waals surface area contributed by atoms with Crippen LogP contribution in [0.5, 0.6) is 17.5 Å². The molecule has 1 aliphatic rings. The van der Waals surface area contributed by atoms with Crippen LogP contribution in [0.25, 0.3) is 0 Å². The van der Waals surface area contributed by atoms with E-state index in [0.717, 1.165) is 0 Å². The van der Waals surface area contributed by atoms with Gasteiger partial charge < -0.3 is 14.2 Å². The maximum absolute atomic E-state index is 12.8. The molecule has 10 heteroatoms. The number of nitrogens with zero attached hydrogens (tertiary/aromatic N) is 2. The molecule has 0 bridgehead atoms. The Kier molecular flexibility index (Phi) is 6.58. The predicted octanol–water partition coefficient (Wildman–Crippen LogP) is 2.82. The van der Waals surface area contributed by atoms with Crippen LogP contribution in [-0.4, -0.2) is 44.8 Å². The van der Waals surface area contributed by atoms with Gasteiger partial charge in [0.05, 0.1) is 14.2 Å². The van der Waals surface area contributed by atoms with Gasteiger partial charge in [0.2, 0.25) is 10.0 Å². The third-order valence-corrected chi connectivity index (χ3v) is 6.29. The lowest BCUT2D eigenvalue weighted by Gasteiger charge is -2.29. The molecule has 0 unspecified atom stereocenters. The van der Waals surface area contributed by atoms with E-state index in [-0.39, 0.29) is 22.8 Å².